The van der Waals surface area contributed by atoms with Gasteiger partial charge < -0.3 is 9.30 Å². The maximum atomic E-state index is 12.4. The van der Waals surface area contributed by atoms with Gasteiger partial charge in [-0.2, -0.15) is 0 Å². The van der Waals surface area contributed by atoms with Crippen molar-refractivity contribution in [3.8, 4) is 16.9 Å². The molecule has 0 aliphatic carbocycles. The Morgan fingerprint density at radius 1 is 1.12 bits per heavy atom. The molecule has 0 aliphatic heterocycles. The SMILES string of the molecule is CCOC(=O)c1cc(-c2ccc(Br)cc2)n(-c2ccc(Cl)cc2Cl)c1C. The maximum Gasteiger partial charge on any atom is 0.339 e. The van der Waals surface area contributed by atoms with Gasteiger partial charge in [-0.25, -0.2) is 4.79 Å². The lowest BCUT2D eigenvalue weighted by Gasteiger charge is -2.14. The van der Waals surface area contributed by atoms with E-state index in [2.05, 4.69) is 15.9 Å². The van der Waals surface area contributed by atoms with Gasteiger partial charge in [0.1, 0.15) is 0 Å². The summed E-state index contributed by atoms with van der Waals surface area (Å²) in [5, 5.41) is 1.06. The summed E-state index contributed by atoms with van der Waals surface area (Å²) in [6.45, 7) is 3.98. The third kappa shape index (κ3) is 3.68. The Kier molecular flexibility index (Phi) is 5.76. The van der Waals surface area contributed by atoms with Gasteiger partial charge in [-0.05, 0) is 55.8 Å². The molecule has 0 saturated carbocycles. The first-order valence-corrected chi connectivity index (χ1v) is 9.58. The van der Waals surface area contributed by atoms with Gasteiger partial charge in [0, 0.05) is 15.2 Å². The molecule has 6 heteroatoms. The number of nitrogens with zero attached hydrogens (tertiary/aromatic N) is 1. The lowest BCUT2D eigenvalue weighted by atomic mass is 10.1. The van der Waals surface area contributed by atoms with Crippen molar-refractivity contribution in [1.82, 2.24) is 4.57 Å². The van der Waals surface area contributed by atoms with Gasteiger partial charge in [0.15, 0.2) is 0 Å². The first-order chi connectivity index (χ1) is 12.4. The molecule has 0 atom stereocenters. The molecule has 0 fully saturated rings. The van der Waals surface area contributed by atoms with Crippen LogP contribution >= 0.6 is 39.1 Å². The number of hydrogen-bond acceptors (Lipinski definition) is 2. The third-order valence-corrected chi connectivity index (χ3v) is 5.10. The highest BCUT2D eigenvalue weighted by molar-refractivity contribution is 9.10. The second-order valence-corrected chi connectivity index (χ2v) is 7.45. The van der Waals surface area contributed by atoms with Crippen LogP contribution in [-0.2, 0) is 4.74 Å². The second kappa shape index (κ2) is 7.87. The monoisotopic (exact) mass is 451 g/mol. The van der Waals surface area contributed by atoms with Crippen LogP contribution in [0.1, 0.15) is 23.0 Å². The fraction of sp³-hybridized carbons (Fsp3) is 0.150. The van der Waals surface area contributed by atoms with E-state index < -0.39 is 0 Å². The molecule has 2 aromatic carbocycles. The van der Waals surface area contributed by atoms with E-state index in [1.807, 2.05) is 47.9 Å². The fourth-order valence-corrected chi connectivity index (χ4v) is 3.59. The van der Waals surface area contributed by atoms with Gasteiger partial charge in [-0.3, -0.25) is 0 Å². The quantitative estimate of drug-likeness (QED) is 0.412. The molecule has 3 rings (SSSR count). The summed E-state index contributed by atoms with van der Waals surface area (Å²) in [6.07, 6.45) is 0. The smallest absolute Gasteiger partial charge is 0.339 e. The number of carbonyl (C=O) groups excluding carboxylic acids is 1. The molecule has 0 saturated heterocycles. The molecule has 134 valence electrons. The summed E-state index contributed by atoms with van der Waals surface area (Å²) in [5.41, 5.74) is 3.82. The number of halogens is 3. The molecular weight excluding hydrogens is 437 g/mol. The minimum Gasteiger partial charge on any atom is -0.462 e. The first-order valence-electron chi connectivity index (χ1n) is 8.03. The summed E-state index contributed by atoms with van der Waals surface area (Å²) in [7, 11) is 0. The Morgan fingerprint density at radius 2 is 1.81 bits per heavy atom. The summed E-state index contributed by atoms with van der Waals surface area (Å²) >= 11 is 15.9. The van der Waals surface area contributed by atoms with Crippen LogP contribution < -0.4 is 0 Å². The van der Waals surface area contributed by atoms with E-state index in [1.165, 1.54) is 0 Å². The van der Waals surface area contributed by atoms with Crippen LogP contribution in [0.4, 0.5) is 0 Å². The lowest BCUT2D eigenvalue weighted by molar-refractivity contribution is 0.0525. The van der Waals surface area contributed by atoms with Crippen LogP contribution in [0.3, 0.4) is 0 Å². The van der Waals surface area contributed by atoms with Crippen molar-refractivity contribution in [3.05, 3.63) is 74.3 Å². The average Bonchev–Trinajstić information content (AvgIpc) is 2.93. The minimum atomic E-state index is -0.354. The van der Waals surface area contributed by atoms with Gasteiger partial charge in [-0.1, -0.05) is 51.3 Å². The van der Waals surface area contributed by atoms with Crippen molar-refractivity contribution in [2.24, 2.45) is 0 Å². The number of ether oxygens (including phenoxy) is 1. The van der Waals surface area contributed by atoms with E-state index in [1.54, 1.807) is 19.1 Å². The Bertz CT molecular complexity index is 965. The topological polar surface area (TPSA) is 31.2 Å². The summed E-state index contributed by atoms with van der Waals surface area (Å²) < 4.78 is 8.13. The van der Waals surface area contributed by atoms with Crippen LogP contribution in [0.15, 0.2) is 53.0 Å². The maximum absolute atomic E-state index is 12.4. The van der Waals surface area contributed by atoms with Crippen LogP contribution in [-0.4, -0.2) is 17.1 Å². The molecule has 0 spiro atoms. The van der Waals surface area contributed by atoms with Crippen LogP contribution in [0.25, 0.3) is 16.9 Å². The third-order valence-electron chi connectivity index (χ3n) is 4.03. The van der Waals surface area contributed by atoms with E-state index >= 15 is 0 Å². The van der Waals surface area contributed by atoms with Crippen molar-refractivity contribution >= 4 is 45.1 Å². The zero-order valence-electron chi connectivity index (χ0n) is 14.2. The largest absolute Gasteiger partial charge is 0.462 e. The summed E-state index contributed by atoms with van der Waals surface area (Å²) in [6, 6.07) is 15.0. The van der Waals surface area contributed by atoms with Crippen LogP contribution in [0.5, 0.6) is 0 Å². The van der Waals surface area contributed by atoms with Crippen molar-refractivity contribution in [2.75, 3.05) is 6.61 Å². The lowest BCUT2D eigenvalue weighted by Crippen LogP contribution is -2.07. The number of hydrogen-bond donors (Lipinski definition) is 0. The first kappa shape index (κ1) is 19.0. The zero-order valence-corrected chi connectivity index (χ0v) is 17.3. The standard InChI is InChI=1S/C20H16BrCl2NO2/c1-3-26-20(25)16-11-19(13-4-6-14(21)7-5-13)24(12(16)2)18-9-8-15(22)10-17(18)23/h4-11H,3H2,1-2H3. The van der Waals surface area contributed by atoms with Gasteiger partial charge in [0.25, 0.3) is 0 Å². The molecule has 0 N–H and O–H groups in total. The molecule has 1 heterocycles. The number of rotatable bonds is 4. The molecule has 0 bridgehead atoms. The van der Waals surface area contributed by atoms with Crippen LogP contribution in [0.2, 0.25) is 10.0 Å². The van der Waals surface area contributed by atoms with Crippen molar-refractivity contribution in [2.45, 2.75) is 13.8 Å². The normalized spacial score (nSPS) is 10.8. The van der Waals surface area contributed by atoms with E-state index in [0.29, 0.717) is 22.2 Å². The molecular formula is C20H16BrCl2NO2. The Balaban J connectivity index is 2.26. The number of benzene rings is 2. The van der Waals surface area contributed by atoms with Gasteiger partial charge >= 0.3 is 5.97 Å². The van der Waals surface area contributed by atoms with E-state index in [0.717, 1.165) is 27.1 Å². The van der Waals surface area contributed by atoms with E-state index in [9.17, 15) is 4.79 Å². The Morgan fingerprint density at radius 3 is 2.42 bits per heavy atom. The number of esters is 1. The molecule has 3 nitrogen and oxygen atoms in total. The highest BCUT2D eigenvalue weighted by Crippen LogP contribution is 2.34. The molecule has 0 radical (unpaired) electrons. The fourth-order valence-electron chi connectivity index (χ4n) is 2.83. The molecule has 1 aromatic heterocycles. The molecule has 0 unspecified atom stereocenters. The Labute approximate surface area is 170 Å². The van der Waals surface area contributed by atoms with Crippen molar-refractivity contribution in [1.29, 1.82) is 0 Å². The number of carbonyl (C=O) groups is 1. The van der Waals surface area contributed by atoms with Crippen LogP contribution in [0, 0.1) is 6.92 Å². The van der Waals surface area contributed by atoms with Crippen molar-refractivity contribution in [3.63, 3.8) is 0 Å². The molecule has 26 heavy (non-hydrogen) atoms. The highest BCUT2D eigenvalue weighted by Gasteiger charge is 2.21. The predicted molar refractivity (Wildman–Crippen MR) is 110 cm³/mol. The summed E-state index contributed by atoms with van der Waals surface area (Å²) in [5.74, 6) is -0.354. The average molecular weight is 453 g/mol. The minimum absolute atomic E-state index is 0.318. The summed E-state index contributed by atoms with van der Waals surface area (Å²) in [4.78, 5) is 12.4. The van der Waals surface area contributed by atoms with Gasteiger partial charge in [0.05, 0.1) is 28.6 Å². The predicted octanol–water partition coefficient (Wildman–Crippen LogP) is 6.70. The Hall–Kier alpha value is -1.75. The molecule has 0 amide bonds. The number of aromatic nitrogens is 1. The zero-order chi connectivity index (χ0) is 18.8. The highest BCUT2D eigenvalue weighted by atomic mass is 79.9. The molecule has 0 aliphatic rings. The van der Waals surface area contributed by atoms with Gasteiger partial charge in [0.2, 0.25) is 0 Å². The molecule has 3 aromatic rings. The van der Waals surface area contributed by atoms with Crippen molar-refractivity contribution < 1.29 is 9.53 Å². The van der Waals surface area contributed by atoms with E-state index in [-0.39, 0.29) is 5.97 Å². The second-order valence-electron chi connectivity index (χ2n) is 5.69. The van der Waals surface area contributed by atoms with E-state index in [4.69, 9.17) is 27.9 Å². The van der Waals surface area contributed by atoms with Gasteiger partial charge in [-0.15, -0.1) is 0 Å².